The summed E-state index contributed by atoms with van der Waals surface area (Å²) in [4.78, 5) is 0. The SMILES string of the molecule is CCCCc1ccccc1N=NN=Nc1ccc(CCC)cc1. The highest BCUT2D eigenvalue weighted by molar-refractivity contribution is 5.45. The van der Waals surface area contributed by atoms with E-state index in [4.69, 9.17) is 0 Å². The average Bonchev–Trinajstić information content (AvgIpc) is 2.59. The van der Waals surface area contributed by atoms with Gasteiger partial charge >= 0.3 is 0 Å². The summed E-state index contributed by atoms with van der Waals surface area (Å²) in [6, 6.07) is 16.1. The molecule has 0 saturated heterocycles. The second-order valence-corrected chi connectivity index (χ2v) is 5.53. The molecule has 0 saturated carbocycles. The molecular formula is C19H24N4. The van der Waals surface area contributed by atoms with Crippen molar-refractivity contribution < 1.29 is 0 Å². The van der Waals surface area contributed by atoms with Gasteiger partial charge in [0.05, 0.1) is 11.4 Å². The van der Waals surface area contributed by atoms with Crippen molar-refractivity contribution in [3.63, 3.8) is 0 Å². The maximum atomic E-state index is 4.19. The minimum atomic E-state index is 0.795. The maximum absolute atomic E-state index is 4.19. The molecule has 23 heavy (non-hydrogen) atoms. The summed E-state index contributed by atoms with van der Waals surface area (Å²) in [6.45, 7) is 4.36. The largest absolute Gasteiger partial charge is 0.129 e. The summed E-state index contributed by atoms with van der Waals surface area (Å²) < 4.78 is 0. The van der Waals surface area contributed by atoms with Gasteiger partial charge in [0.2, 0.25) is 0 Å². The van der Waals surface area contributed by atoms with Crippen molar-refractivity contribution in [1.29, 1.82) is 0 Å². The molecule has 0 unspecified atom stereocenters. The Morgan fingerprint density at radius 3 is 2.22 bits per heavy atom. The summed E-state index contributed by atoms with van der Waals surface area (Å²) in [6.07, 6.45) is 5.57. The molecule has 0 aliphatic heterocycles. The van der Waals surface area contributed by atoms with E-state index in [0.29, 0.717) is 0 Å². The zero-order valence-corrected chi connectivity index (χ0v) is 13.9. The van der Waals surface area contributed by atoms with E-state index < -0.39 is 0 Å². The number of hydrogen-bond acceptors (Lipinski definition) is 2. The van der Waals surface area contributed by atoms with Crippen LogP contribution in [0.1, 0.15) is 44.2 Å². The van der Waals surface area contributed by atoms with E-state index in [-0.39, 0.29) is 0 Å². The quantitative estimate of drug-likeness (QED) is 0.382. The lowest BCUT2D eigenvalue weighted by molar-refractivity contribution is 0.793. The summed E-state index contributed by atoms with van der Waals surface area (Å²) in [7, 11) is 0. The monoisotopic (exact) mass is 308 g/mol. The predicted molar refractivity (Wildman–Crippen MR) is 94.5 cm³/mol. The van der Waals surface area contributed by atoms with Gasteiger partial charge in [-0.2, -0.15) is 0 Å². The summed E-state index contributed by atoms with van der Waals surface area (Å²) in [5.74, 6) is 0. The standard InChI is InChI=1S/C19H24N4/c1-3-5-9-17-10-6-7-11-19(17)21-23-22-20-18-14-12-16(8-4-2)13-15-18/h6-7,10-15H,3-5,8-9H2,1-2H3. The first-order chi connectivity index (χ1) is 11.3. The lowest BCUT2D eigenvalue weighted by Gasteiger charge is -2.02. The summed E-state index contributed by atoms with van der Waals surface area (Å²) in [5.41, 5.74) is 4.19. The zero-order valence-electron chi connectivity index (χ0n) is 13.9. The van der Waals surface area contributed by atoms with Crippen LogP contribution in [-0.2, 0) is 12.8 Å². The third kappa shape index (κ3) is 5.74. The van der Waals surface area contributed by atoms with Crippen molar-refractivity contribution in [2.45, 2.75) is 46.0 Å². The molecule has 0 radical (unpaired) electrons. The van der Waals surface area contributed by atoms with Gasteiger partial charge in [-0.05, 0) is 59.0 Å². The molecule has 0 atom stereocenters. The molecule has 120 valence electrons. The summed E-state index contributed by atoms with van der Waals surface area (Å²) in [5, 5.41) is 15.9. The number of hydrogen-bond donors (Lipinski definition) is 0. The van der Waals surface area contributed by atoms with E-state index in [1.165, 1.54) is 17.5 Å². The molecular weight excluding hydrogens is 284 g/mol. The number of aryl methyl sites for hydroxylation is 2. The molecule has 0 aliphatic carbocycles. The van der Waals surface area contributed by atoms with Crippen LogP contribution in [0.5, 0.6) is 0 Å². The molecule has 0 aromatic heterocycles. The zero-order chi connectivity index (χ0) is 16.3. The molecule has 2 aromatic carbocycles. The van der Waals surface area contributed by atoms with E-state index in [1.807, 2.05) is 30.3 Å². The molecule has 0 heterocycles. The van der Waals surface area contributed by atoms with Crippen LogP contribution < -0.4 is 0 Å². The van der Waals surface area contributed by atoms with Gasteiger partial charge in [0.25, 0.3) is 0 Å². The lowest BCUT2D eigenvalue weighted by Crippen LogP contribution is -1.84. The van der Waals surface area contributed by atoms with E-state index in [1.54, 1.807) is 0 Å². The average molecular weight is 308 g/mol. The number of benzene rings is 2. The Morgan fingerprint density at radius 2 is 1.48 bits per heavy atom. The highest BCUT2D eigenvalue weighted by Crippen LogP contribution is 2.21. The van der Waals surface area contributed by atoms with Gasteiger partial charge < -0.3 is 0 Å². The molecule has 0 spiro atoms. The molecule has 0 aliphatic rings. The van der Waals surface area contributed by atoms with Gasteiger partial charge in [-0.3, -0.25) is 0 Å². The predicted octanol–water partition coefficient (Wildman–Crippen LogP) is 6.76. The Kier molecular flexibility index (Phi) is 7.11. The van der Waals surface area contributed by atoms with Crippen LogP contribution >= 0.6 is 0 Å². The molecule has 0 fully saturated rings. The molecule has 0 N–H and O–H groups in total. The minimum Gasteiger partial charge on any atom is -0.129 e. The number of rotatable bonds is 8. The van der Waals surface area contributed by atoms with Crippen molar-refractivity contribution >= 4 is 11.4 Å². The molecule has 0 bridgehead atoms. The van der Waals surface area contributed by atoms with Crippen molar-refractivity contribution in [1.82, 2.24) is 0 Å². The van der Waals surface area contributed by atoms with Crippen molar-refractivity contribution in [2.75, 3.05) is 0 Å². The number of nitrogens with zero attached hydrogens (tertiary/aromatic N) is 4. The van der Waals surface area contributed by atoms with Crippen LogP contribution in [0, 0.1) is 0 Å². The fourth-order valence-electron chi connectivity index (χ4n) is 2.34. The second kappa shape index (κ2) is 9.62. The van der Waals surface area contributed by atoms with Gasteiger partial charge in [0.15, 0.2) is 0 Å². The number of unbranched alkanes of at least 4 members (excludes halogenated alkanes) is 1. The van der Waals surface area contributed by atoms with E-state index >= 15 is 0 Å². The fraction of sp³-hybridized carbons (Fsp3) is 0.368. The Bertz CT molecular complexity index is 645. The van der Waals surface area contributed by atoms with Gasteiger partial charge in [-0.15, -0.1) is 10.2 Å². The van der Waals surface area contributed by atoms with E-state index in [2.05, 4.69) is 52.7 Å². The third-order valence-electron chi connectivity index (χ3n) is 3.62. The minimum absolute atomic E-state index is 0.795. The normalized spacial score (nSPS) is 11.6. The third-order valence-corrected chi connectivity index (χ3v) is 3.62. The molecule has 2 rings (SSSR count). The molecule has 2 aromatic rings. The van der Waals surface area contributed by atoms with E-state index in [9.17, 15) is 0 Å². The highest BCUT2D eigenvalue weighted by Gasteiger charge is 1.99. The maximum Gasteiger partial charge on any atom is 0.0907 e. The van der Waals surface area contributed by atoms with Crippen LogP contribution in [0.25, 0.3) is 0 Å². The first-order valence-electron chi connectivity index (χ1n) is 8.32. The van der Waals surface area contributed by atoms with Crippen LogP contribution in [0.15, 0.2) is 69.2 Å². The van der Waals surface area contributed by atoms with E-state index in [0.717, 1.165) is 37.1 Å². The van der Waals surface area contributed by atoms with Gasteiger partial charge in [0, 0.05) is 0 Å². The molecule has 4 nitrogen and oxygen atoms in total. The first-order valence-corrected chi connectivity index (χ1v) is 8.32. The van der Waals surface area contributed by atoms with Gasteiger partial charge in [-0.25, -0.2) is 0 Å². The van der Waals surface area contributed by atoms with Gasteiger partial charge in [0.1, 0.15) is 0 Å². The van der Waals surface area contributed by atoms with Crippen LogP contribution in [0.2, 0.25) is 0 Å². The van der Waals surface area contributed by atoms with Gasteiger partial charge in [-0.1, -0.05) is 57.0 Å². The highest BCUT2D eigenvalue weighted by atomic mass is 15.5. The Balaban J connectivity index is 1.98. The first kappa shape index (κ1) is 17.0. The topological polar surface area (TPSA) is 49.4 Å². The van der Waals surface area contributed by atoms with Crippen molar-refractivity contribution in [3.8, 4) is 0 Å². The van der Waals surface area contributed by atoms with Crippen molar-refractivity contribution in [2.24, 2.45) is 20.7 Å². The van der Waals surface area contributed by atoms with Crippen LogP contribution in [-0.4, -0.2) is 0 Å². The smallest absolute Gasteiger partial charge is 0.0907 e. The van der Waals surface area contributed by atoms with Crippen LogP contribution in [0.3, 0.4) is 0 Å². The second-order valence-electron chi connectivity index (χ2n) is 5.53. The Morgan fingerprint density at radius 1 is 0.739 bits per heavy atom. The molecule has 0 amide bonds. The van der Waals surface area contributed by atoms with Crippen LogP contribution in [0.4, 0.5) is 11.4 Å². The summed E-state index contributed by atoms with van der Waals surface area (Å²) >= 11 is 0. The Hall–Kier alpha value is -2.36. The molecule has 4 heteroatoms. The Labute approximate surface area is 138 Å². The fourth-order valence-corrected chi connectivity index (χ4v) is 2.34. The lowest BCUT2D eigenvalue weighted by atomic mass is 10.1. The van der Waals surface area contributed by atoms with Crippen molar-refractivity contribution in [3.05, 3.63) is 59.7 Å².